The van der Waals surface area contributed by atoms with Crippen molar-refractivity contribution < 1.29 is 21.8 Å². The Bertz CT molecular complexity index is 977. The quantitative estimate of drug-likeness (QED) is 0.573. The molecule has 142 valence electrons. The van der Waals surface area contributed by atoms with Crippen LogP contribution in [0.1, 0.15) is 12.6 Å². The highest BCUT2D eigenvalue weighted by Gasteiger charge is 2.40. The fourth-order valence-electron chi connectivity index (χ4n) is 2.88. The summed E-state index contributed by atoms with van der Waals surface area (Å²) in [4.78, 5) is 0.563. The molecule has 3 rings (SSSR count). The molecule has 1 heterocycles. The highest BCUT2D eigenvalue weighted by Crippen LogP contribution is 2.42. The Morgan fingerprint density at radius 2 is 1.56 bits per heavy atom. The second kappa shape index (κ2) is 7.26. The van der Waals surface area contributed by atoms with Crippen molar-refractivity contribution in [3.05, 3.63) is 60.0 Å². The average molecular weight is 396 g/mol. The minimum atomic E-state index is -4.63. The van der Waals surface area contributed by atoms with Gasteiger partial charge in [0.15, 0.2) is 5.69 Å². The van der Waals surface area contributed by atoms with E-state index < -0.39 is 28.5 Å². The van der Waals surface area contributed by atoms with Gasteiger partial charge < -0.3 is 0 Å². The lowest BCUT2D eigenvalue weighted by Gasteiger charge is -2.12. The van der Waals surface area contributed by atoms with E-state index in [0.29, 0.717) is 10.5 Å². The first-order chi connectivity index (χ1) is 12.7. The summed E-state index contributed by atoms with van der Waals surface area (Å²) in [6.45, 7) is 1.60. The Morgan fingerprint density at radius 1 is 1.00 bits per heavy atom. The Morgan fingerprint density at radius 3 is 2.04 bits per heavy atom. The molecular weight excluding hydrogens is 380 g/mol. The van der Waals surface area contributed by atoms with E-state index >= 15 is 0 Å². The number of rotatable bonds is 4. The van der Waals surface area contributed by atoms with Crippen molar-refractivity contribution in [3.63, 3.8) is 0 Å². The third-order valence-electron chi connectivity index (χ3n) is 4.11. The molecule has 1 unspecified atom stereocenters. The predicted octanol–water partition coefficient (Wildman–Crippen LogP) is 5.13. The van der Waals surface area contributed by atoms with Crippen molar-refractivity contribution in [1.82, 2.24) is 9.78 Å². The third-order valence-corrected chi connectivity index (χ3v) is 5.05. The number of aromatic nitrogens is 2. The molecule has 0 N–H and O–H groups in total. The van der Waals surface area contributed by atoms with Crippen LogP contribution in [0.25, 0.3) is 22.4 Å². The van der Waals surface area contributed by atoms with Crippen LogP contribution in [0.15, 0.2) is 53.4 Å². The molecule has 0 spiro atoms. The van der Waals surface area contributed by atoms with E-state index in [0.717, 1.165) is 16.8 Å². The first-order valence-electron chi connectivity index (χ1n) is 8.10. The average Bonchev–Trinajstić information content (AvgIpc) is 3.02. The Kier molecular flexibility index (Phi) is 5.19. The number of alkyl halides is 3. The smallest absolute Gasteiger partial charge is 0.260 e. The molecule has 0 radical (unpaired) electrons. The number of halogens is 4. The number of nitrogens with zero attached hydrogens (tertiary/aromatic N) is 2. The van der Waals surface area contributed by atoms with E-state index in [2.05, 4.69) is 5.10 Å². The van der Waals surface area contributed by atoms with Gasteiger partial charge in [-0.25, -0.2) is 4.39 Å². The van der Waals surface area contributed by atoms with Crippen molar-refractivity contribution in [2.75, 3.05) is 6.26 Å². The van der Waals surface area contributed by atoms with Crippen LogP contribution in [-0.4, -0.2) is 20.2 Å². The van der Waals surface area contributed by atoms with Crippen molar-refractivity contribution in [2.45, 2.75) is 24.5 Å². The molecule has 1 aromatic heterocycles. The van der Waals surface area contributed by atoms with Crippen LogP contribution in [0.2, 0.25) is 0 Å². The van der Waals surface area contributed by atoms with E-state index in [9.17, 15) is 21.8 Å². The maximum Gasteiger partial charge on any atom is 0.433 e. The number of benzene rings is 2. The molecule has 0 aliphatic heterocycles. The zero-order valence-electron chi connectivity index (χ0n) is 14.5. The maximum absolute atomic E-state index is 13.8. The molecule has 1 atom stereocenters. The highest BCUT2D eigenvalue weighted by atomic mass is 32.2. The molecular formula is C19H16F4N2OS. The molecule has 0 amide bonds. The van der Waals surface area contributed by atoms with E-state index in [1.807, 2.05) is 0 Å². The van der Waals surface area contributed by atoms with Crippen molar-refractivity contribution in [2.24, 2.45) is 0 Å². The van der Waals surface area contributed by atoms with Crippen LogP contribution in [-0.2, 0) is 23.5 Å². The summed E-state index contributed by atoms with van der Waals surface area (Å²) in [6, 6.07) is 11.2. The summed E-state index contributed by atoms with van der Waals surface area (Å²) < 4.78 is 67.1. The van der Waals surface area contributed by atoms with Gasteiger partial charge in [0.1, 0.15) is 11.5 Å². The molecule has 0 fully saturated rings. The summed E-state index contributed by atoms with van der Waals surface area (Å²) in [6.07, 6.45) is -3.11. The summed E-state index contributed by atoms with van der Waals surface area (Å²) in [5.74, 6) is -0.536. The van der Waals surface area contributed by atoms with Gasteiger partial charge >= 0.3 is 6.18 Å². The molecule has 3 aromatic rings. The second-order valence-corrected chi connectivity index (χ2v) is 7.25. The lowest BCUT2D eigenvalue weighted by molar-refractivity contribution is -0.143. The summed E-state index contributed by atoms with van der Waals surface area (Å²) >= 11 is 0. The molecule has 0 aliphatic rings. The van der Waals surface area contributed by atoms with Gasteiger partial charge in [0.05, 0.1) is 0 Å². The van der Waals surface area contributed by atoms with Gasteiger partial charge in [-0.05, 0) is 36.8 Å². The molecule has 0 aliphatic carbocycles. The summed E-state index contributed by atoms with van der Waals surface area (Å²) in [5.41, 5.74) is -0.156. The zero-order valence-corrected chi connectivity index (χ0v) is 15.4. The second-order valence-electron chi connectivity index (χ2n) is 5.87. The van der Waals surface area contributed by atoms with Gasteiger partial charge in [0.25, 0.3) is 0 Å². The molecule has 0 saturated carbocycles. The first kappa shape index (κ1) is 19.3. The third kappa shape index (κ3) is 3.80. The summed E-state index contributed by atoms with van der Waals surface area (Å²) in [7, 11) is -1.20. The van der Waals surface area contributed by atoms with Gasteiger partial charge in [-0.1, -0.05) is 24.3 Å². The molecule has 2 aromatic carbocycles. The van der Waals surface area contributed by atoms with Crippen molar-refractivity contribution in [3.8, 4) is 22.4 Å². The van der Waals surface area contributed by atoms with E-state index in [4.69, 9.17) is 0 Å². The Balaban J connectivity index is 2.28. The minimum Gasteiger partial charge on any atom is -0.260 e. The predicted molar refractivity (Wildman–Crippen MR) is 96.1 cm³/mol. The zero-order chi connectivity index (χ0) is 19.8. The van der Waals surface area contributed by atoms with Crippen LogP contribution in [0.3, 0.4) is 0 Å². The largest absolute Gasteiger partial charge is 0.433 e. The number of aryl methyl sites for hydroxylation is 1. The van der Waals surface area contributed by atoms with Gasteiger partial charge in [0.2, 0.25) is 0 Å². The molecule has 3 nitrogen and oxygen atoms in total. The van der Waals surface area contributed by atoms with Gasteiger partial charge in [-0.15, -0.1) is 0 Å². The SMILES string of the molecule is CCn1nc(-c2ccc(S(C)=O)cc2)c(-c2ccc(F)cc2)c1C(F)(F)F. The monoisotopic (exact) mass is 396 g/mol. The lowest BCUT2D eigenvalue weighted by Crippen LogP contribution is -2.14. The number of hydrogen-bond donors (Lipinski definition) is 0. The normalized spacial score (nSPS) is 13.0. The lowest BCUT2D eigenvalue weighted by atomic mass is 9.98. The van der Waals surface area contributed by atoms with Crippen LogP contribution < -0.4 is 0 Å². The molecule has 27 heavy (non-hydrogen) atoms. The van der Waals surface area contributed by atoms with Crippen molar-refractivity contribution >= 4 is 10.8 Å². The Labute approximate surface area is 156 Å². The topological polar surface area (TPSA) is 34.9 Å². The van der Waals surface area contributed by atoms with Crippen LogP contribution in [0, 0.1) is 5.82 Å². The van der Waals surface area contributed by atoms with E-state index in [1.54, 1.807) is 31.2 Å². The first-order valence-corrected chi connectivity index (χ1v) is 9.66. The van der Waals surface area contributed by atoms with E-state index in [1.165, 1.54) is 18.4 Å². The van der Waals surface area contributed by atoms with Gasteiger partial charge in [-0.2, -0.15) is 18.3 Å². The minimum absolute atomic E-state index is 0.0279. The fourth-order valence-corrected chi connectivity index (χ4v) is 3.39. The molecule has 0 saturated heterocycles. The highest BCUT2D eigenvalue weighted by molar-refractivity contribution is 7.84. The number of hydrogen-bond acceptors (Lipinski definition) is 2. The van der Waals surface area contributed by atoms with Crippen LogP contribution >= 0.6 is 0 Å². The maximum atomic E-state index is 13.8. The van der Waals surface area contributed by atoms with Gasteiger partial charge in [0, 0.05) is 39.6 Å². The molecule has 0 bridgehead atoms. The van der Waals surface area contributed by atoms with Gasteiger partial charge in [-0.3, -0.25) is 8.89 Å². The molecule has 8 heteroatoms. The Hall–Kier alpha value is -2.48. The van der Waals surface area contributed by atoms with Crippen LogP contribution in [0.5, 0.6) is 0 Å². The van der Waals surface area contributed by atoms with Crippen LogP contribution in [0.4, 0.5) is 17.6 Å². The van der Waals surface area contributed by atoms with E-state index in [-0.39, 0.29) is 23.4 Å². The fraction of sp³-hybridized carbons (Fsp3) is 0.211. The standard InChI is InChI=1S/C19H16F4N2OS/c1-3-25-18(19(21,22)23)16(12-4-8-14(20)9-5-12)17(24-25)13-6-10-15(11-7-13)27(2)26/h4-11H,3H2,1-2H3. The summed E-state index contributed by atoms with van der Waals surface area (Å²) in [5, 5.41) is 4.17. The van der Waals surface area contributed by atoms with Crippen molar-refractivity contribution in [1.29, 1.82) is 0 Å².